The average Bonchev–Trinajstić information content (AvgIpc) is 2.49. The number of benzene rings is 1. The Balaban J connectivity index is 2.17. The Morgan fingerprint density at radius 1 is 1.33 bits per heavy atom. The van der Waals surface area contributed by atoms with Gasteiger partial charge in [0.25, 0.3) is 0 Å². The first-order chi connectivity index (χ1) is 10.1. The molecule has 1 aromatic rings. The van der Waals surface area contributed by atoms with Gasteiger partial charge in [-0.05, 0) is 49.4 Å². The summed E-state index contributed by atoms with van der Waals surface area (Å²) in [7, 11) is 0. The molecule has 2 nitrogen and oxygen atoms in total. The molecule has 2 unspecified atom stereocenters. The molecule has 0 spiro atoms. The summed E-state index contributed by atoms with van der Waals surface area (Å²) < 4.78 is 13.1. The number of nitrogens with two attached hydrogens (primary N) is 1. The maximum atomic E-state index is 13.1. The van der Waals surface area contributed by atoms with Gasteiger partial charge in [-0.1, -0.05) is 38.8 Å². The highest BCUT2D eigenvalue weighted by molar-refractivity contribution is 5.16. The third-order valence-corrected chi connectivity index (χ3v) is 4.90. The van der Waals surface area contributed by atoms with Crippen molar-refractivity contribution in [2.75, 3.05) is 13.1 Å². The molecule has 1 aliphatic rings. The minimum absolute atomic E-state index is 0.127. The van der Waals surface area contributed by atoms with Gasteiger partial charge in [0.05, 0.1) is 0 Å². The second-order valence-electron chi connectivity index (χ2n) is 6.68. The smallest absolute Gasteiger partial charge is 0.123 e. The molecule has 2 atom stereocenters. The molecule has 0 radical (unpaired) electrons. The van der Waals surface area contributed by atoms with Gasteiger partial charge in [0.1, 0.15) is 5.82 Å². The second kappa shape index (κ2) is 7.37. The maximum Gasteiger partial charge on any atom is 0.123 e. The van der Waals surface area contributed by atoms with Crippen molar-refractivity contribution in [3.63, 3.8) is 0 Å². The molecule has 0 aromatic heterocycles. The molecule has 2 rings (SSSR count). The van der Waals surface area contributed by atoms with E-state index in [2.05, 4.69) is 18.7 Å². The third kappa shape index (κ3) is 4.04. The van der Waals surface area contributed by atoms with Crippen LogP contribution in [-0.4, -0.2) is 23.5 Å². The average molecular weight is 292 g/mol. The Labute approximate surface area is 128 Å². The van der Waals surface area contributed by atoms with Gasteiger partial charge in [-0.25, -0.2) is 4.39 Å². The van der Waals surface area contributed by atoms with Crippen molar-refractivity contribution < 1.29 is 4.39 Å². The summed E-state index contributed by atoms with van der Waals surface area (Å²) in [5.74, 6) is 0.579. The zero-order valence-electron chi connectivity index (χ0n) is 13.4. The van der Waals surface area contributed by atoms with E-state index in [-0.39, 0.29) is 11.4 Å². The van der Waals surface area contributed by atoms with Crippen LogP contribution in [0.25, 0.3) is 0 Å². The van der Waals surface area contributed by atoms with Crippen LogP contribution in [0.4, 0.5) is 4.39 Å². The summed E-state index contributed by atoms with van der Waals surface area (Å²) in [5, 5.41) is 0. The Kier molecular flexibility index (Phi) is 5.77. The van der Waals surface area contributed by atoms with Crippen LogP contribution < -0.4 is 5.73 Å². The van der Waals surface area contributed by atoms with Gasteiger partial charge in [0.2, 0.25) is 0 Å². The van der Waals surface area contributed by atoms with Crippen molar-refractivity contribution in [2.24, 2.45) is 11.7 Å². The normalized spacial score (nSPS) is 26.2. The van der Waals surface area contributed by atoms with Crippen molar-refractivity contribution >= 4 is 0 Å². The van der Waals surface area contributed by atoms with Crippen LogP contribution in [0, 0.1) is 11.7 Å². The van der Waals surface area contributed by atoms with Crippen LogP contribution in [-0.2, 0) is 6.54 Å². The topological polar surface area (TPSA) is 29.3 Å². The molecule has 2 N–H and O–H groups in total. The SMILES string of the molecule is CCCN(Cc1ccc(F)cc1)C1(CN)CCCC(C)C1. The molecule has 3 heteroatoms. The summed E-state index contributed by atoms with van der Waals surface area (Å²) in [6.45, 7) is 7.21. The molecular formula is C18H29FN2. The van der Waals surface area contributed by atoms with E-state index in [9.17, 15) is 4.39 Å². The predicted molar refractivity (Wildman–Crippen MR) is 86.5 cm³/mol. The number of nitrogens with zero attached hydrogens (tertiary/aromatic N) is 1. The molecule has 0 bridgehead atoms. The largest absolute Gasteiger partial charge is 0.329 e. The van der Waals surface area contributed by atoms with Crippen LogP contribution in [0.1, 0.15) is 51.5 Å². The zero-order chi connectivity index (χ0) is 15.3. The van der Waals surface area contributed by atoms with E-state index >= 15 is 0 Å². The van der Waals surface area contributed by atoms with E-state index in [1.165, 1.54) is 31.2 Å². The van der Waals surface area contributed by atoms with Crippen molar-refractivity contribution in [2.45, 2.75) is 58.0 Å². The standard InChI is InChI=1S/C18H29FN2/c1-3-11-21(13-16-6-8-17(19)9-7-16)18(14-20)10-4-5-15(2)12-18/h6-9,15H,3-5,10-14,20H2,1-2H3. The van der Waals surface area contributed by atoms with E-state index in [0.717, 1.165) is 32.0 Å². The molecule has 118 valence electrons. The fourth-order valence-corrected chi connectivity index (χ4v) is 3.80. The quantitative estimate of drug-likeness (QED) is 0.860. The minimum Gasteiger partial charge on any atom is -0.329 e. The number of halogens is 1. The van der Waals surface area contributed by atoms with Crippen molar-refractivity contribution in [3.8, 4) is 0 Å². The molecule has 1 aromatic carbocycles. The Morgan fingerprint density at radius 3 is 2.62 bits per heavy atom. The lowest BCUT2D eigenvalue weighted by molar-refractivity contribution is 0.0321. The van der Waals surface area contributed by atoms with Gasteiger partial charge < -0.3 is 5.73 Å². The van der Waals surface area contributed by atoms with Crippen LogP contribution in [0.5, 0.6) is 0 Å². The lowest BCUT2D eigenvalue weighted by Gasteiger charge is -2.48. The van der Waals surface area contributed by atoms with Crippen molar-refractivity contribution in [1.29, 1.82) is 0 Å². The van der Waals surface area contributed by atoms with E-state index in [0.29, 0.717) is 0 Å². The number of hydrogen-bond acceptors (Lipinski definition) is 2. The fraction of sp³-hybridized carbons (Fsp3) is 0.667. The van der Waals surface area contributed by atoms with Crippen LogP contribution in [0.15, 0.2) is 24.3 Å². The summed E-state index contributed by atoms with van der Waals surface area (Å²) in [5.41, 5.74) is 7.51. The first-order valence-electron chi connectivity index (χ1n) is 8.29. The van der Waals surface area contributed by atoms with Crippen LogP contribution >= 0.6 is 0 Å². The zero-order valence-corrected chi connectivity index (χ0v) is 13.4. The van der Waals surface area contributed by atoms with Gasteiger partial charge >= 0.3 is 0 Å². The summed E-state index contributed by atoms with van der Waals surface area (Å²) in [6.07, 6.45) is 6.08. The van der Waals surface area contributed by atoms with Gasteiger partial charge in [-0.3, -0.25) is 4.90 Å². The highest BCUT2D eigenvalue weighted by Crippen LogP contribution is 2.37. The molecule has 21 heavy (non-hydrogen) atoms. The number of hydrogen-bond donors (Lipinski definition) is 1. The lowest BCUT2D eigenvalue weighted by atomic mass is 9.75. The summed E-state index contributed by atoms with van der Waals surface area (Å²) in [6, 6.07) is 6.90. The van der Waals surface area contributed by atoms with Crippen molar-refractivity contribution in [1.82, 2.24) is 4.90 Å². The number of rotatable bonds is 6. The van der Waals surface area contributed by atoms with Crippen molar-refractivity contribution in [3.05, 3.63) is 35.6 Å². The molecule has 0 saturated heterocycles. The van der Waals surface area contributed by atoms with E-state index < -0.39 is 0 Å². The van der Waals surface area contributed by atoms with E-state index in [1.54, 1.807) is 12.1 Å². The molecule has 0 aliphatic heterocycles. The molecule has 1 saturated carbocycles. The third-order valence-electron chi connectivity index (χ3n) is 4.90. The molecular weight excluding hydrogens is 263 g/mol. The molecule has 1 fully saturated rings. The molecule has 0 heterocycles. The maximum absolute atomic E-state index is 13.1. The first kappa shape index (κ1) is 16.4. The second-order valence-corrected chi connectivity index (χ2v) is 6.68. The monoisotopic (exact) mass is 292 g/mol. The van der Waals surface area contributed by atoms with E-state index in [4.69, 9.17) is 5.73 Å². The van der Waals surface area contributed by atoms with Gasteiger partial charge in [0, 0.05) is 18.6 Å². The predicted octanol–water partition coefficient (Wildman–Crippen LogP) is 3.95. The molecule has 0 amide bonds. The lowest BCUT2D eigenvalue weighted by Crippen LogP contribution is -2.56. The Morgan fingerprint density at radius 2 is 2.05 bits per heavy atom. The minimum atomic E-state index is -0.166. The highest BCUT2D eigenvalue weighted by atomic mass is 19.1. The summed E-state index contributed by atoms with van der Waals surface area (Å²) >= 11 is 0. The van der Waals surface area contributed by atoms with Gasteiger partial charge in [-0.2, -0.15) is 0 Å². The fourth-order valence-electron chi connectivity index (χ4n) is 3.80. The summed E-state index contributed by atoms with van der Waals surface area (Å²) in [4.78, 5) is 2.55. The Hall–Kier alpha value is -0.930. The van der Waals surface area contributed by atoms with Gasteiger partial charge in [-0.15, -0.1) is 0 Å². The first-order valence-corrected chi connectivity index (χ1v) is 8.29. The van der Waals surface area contributed by atoms with Crippen LogP contribution in [0.2, 0.25) is 0 Å². The van der Waals surface area contributed by atoms with E-state index in [1.807, 2.05) is 12.1 Å². The van der Waals surface area contributed by atoms with Crippen LogP contribution in [0.3, 0.4) is 0 Å². The highest BCUT2D eigenvalue weighted by Gasteiger charge is 2.38. The van der Waals surface area contributed by atoms with Gasteiger partial charge in [0.15, 0.2) is 0 Å². The Bertz CT molecular complexity index is 431. The molecule has 1 aliphatic carbocycles.